The Labute approximate surface area is 110 Å². The lowest BCUT2D eigenvalue weighted by Crippen LogP contribution is -2.15. The van der Waals surface area contributed by atoms with Gasteiger partial charge in [-0.3, -0.25) is 4.79 Å². The van der Waals surface area contributed by atoms with Crippen molar-refractivity contribution in [1.82, 2.24) is 9.97 Å². The van der Waals surface area contributed by atoms with E-state index in [1.807, 2.05) is 13.0 Å². The number of rotatable bonds is 5. The summed E-state index contributed by atoms with van der Waals surface area (Å²) in [6, 6.07) is 7.09. The molecule has 2 N–H and O–H groups in total. The summed E-state index contributed by atoms with van der Waals surface area (Å²) >= 11 is 0. The molecule has 19 heavy (non-hydrogen) atoms. The van der Waals surface area contributed by atoms with Crippen LogP contribution >= 0.6 is 0 Å². The summed E-state index contributed by atoms with van der Waals surface area (Å²) in [5, 5.41) is 0. The SMILES string of the molecule is CCOc1ccccc1Oc1nccnc1C(N)=O. The van der Waals surface area contributed by atoms with Crippen LogP contribution in [0.2, 0.25) is 0 Å². The van der Waals surface area contributed by atoms with Crippen molar-refractivity contribution in [3.05, 3.63) is 42.4 Å². The van der Waals surface area contributed by atoms with Crippen molar-refractivity contribution < 1.29 is 14.3 Å². The third-order valence-electron chi connectivity index (χ3n) is 2.25. The van der Waals surface area contributed by atoms with E-state index in [9.17, 15) is 4.79 Å². The van der Waals surface area contributed by atoms with Crippen molar-refractivity contribution in [1.29, 1.82) is 0 Å². The van der Waals surface area contributed by atoms with Gasteiger partial charge in [0.15, 0.2) is 17.2 Å². The Morgan fingerprint density at radius 3 is 2.58 bits per heavy atom. The fourth-order valence-electron chi connectivity index (χ4n) is 1.48. The van der Waals surface area contributed by atoms with Gasteiger partial charge in [-0.1, -0.05) is 12.1 Å². The van der Waals surface area contributed by atoms with Gasteiger partial charge in [0, 0.05) is 12.4 Å². The van der Waals surface area contributed by atoms with Gasteiger partial charge >= 0.3 is 0 Å². The molecule has 0 aliphatic carbocycles. The maximum absolute atomic E-state index is 11.2. The number of benzene rings is 1. The molecule has 98 valence electrons. The van der Waals surface area contributed by atoms with Crippen LogP contribution in [0.15, 0.2) is 36.7 Å². The van der Waals surface area contributed by atoms with E-state index in [4.69, 9.17) is 15.2 Å². The van der Waals surface area contributed by atoms with Crippen LogP contribution in [-0.2, 0) is 0 Å². The molecule has 0 aliphatic rings. The fraction of sp³-hybridized carbons (Fsp3) is 0.154. The molecule has 1 aromatic heterocycles. The molecule has 0 saturated heterocycles. The number of carbonyl (C=O) groups is 1. The van der Waals surface area contributed by atoms with Crippen molar-refractivity contribution >= 4 is 5.91 Å². The number of aromatic nitrogens is 2. The van der Waals surface area contributed by atoms with E-state index in [-0.39, 0.29) is 11.6 Å². The van der Waals surface area contributed by atoms with Crippen molar-refractivity contribution in [2.45, 2.75) is 6.92 Å². The highest BCUT2D eigenvalue weighted by molar-refractivity contribution is 5.92. The summed E-state index contributed by atoms with van der Waals surface area (Å²) in [6.45, 7) is 2.37. The maximum Gasteiger partial charge on any atom is 0.272 e. The van der Waals surface area contributed by atoms with Gasteiger partial charge in [0.05, 0.1) is 6.61 Å². The van der Waals surface area contributed by atoms with Crippen molar-refractivity contribution in [3.63, 3.8) is 0 Å². The summed E-state index contributed by atoms with van der Waals surface area (Å²) < 4.78 is 11.0. The predicted molar refractivity (Wildman–Crippen MR) is 68.2 cm³/mol. The van der Waals surface area contributed by atoms with E-state index in [2.05, 4.69) is 9.97 Å². The Bertz CT molecular complexity index is 587. The van der Waals surface area contributed by atoms with E-state index in [0.717, 1.165) is 0 Å². The molecule has 1 amide bonds. The maximum atomic E-state index is 11.2. The first kappa shape index (κ1) is 12.8. The van der Waals surface area contributed by atoms with Gasteiger partial charge < -0.3 is 15.2 Å². The highest BCUT2D eigenvalue weighted by Gasteiger charge is 2.14. The third-order valence-corrected chi connectivity index (χ3v) is 2.25. The Kier molecular flexibility index (Phi) is 3.92. The van der Waals surface area contributed by atoms with Gasteiger partial charge in [0.25, 0.3) is 11.8 Å². The second-order valence-electron chi connectivity index (χ2n) is 3.56. The molecule has 0 bridgehead atoms. The van der Waals surface area contributed by atoms with Gasteiger partial charge in [0.1, 0.15) is 0 Å². The topological polar surface area (TPSA) is 87.3 Å². The smallest absolute Gasteiger partial charge is 0.272 e. The van der Waals surface area contributed by atoms with E-state index >= 15 is 0 Å². The van der Waals surface area contributed by atoms with Crippen molar-refractivity contribution in [2.24, 2.45) is 5.73 Å². The van der Waals surface area contributed by atoms with Crippen LogP contribution in [0, 0.1) is 0 Å². The number of para-hydroxylation sites is 2. The summed E-state index contributed by atoms with van der Waals surface area (Å²) in [6.07, 6.45) is 2.80. The molecule has 2 rings (SSSR count). The lowest BCUT2D eigenvalue weighted by molar-refractivity contribution is 0.0992. The van der Waals surface area contributed by atoms with Crippen molar-refractivity contribution in [3.8, 4) is 17.4 Å². The molecule has 0 aliphatic heterocycles. The number of hydrogen-bond acceptors (Lipinski definition) is 5. The first-order valence-corrected chi connectivity index (χ1v) is 5.73. The Hall–Kier alpha value is -2.63. The van der Waals surface area contributed by atoms with Crippen LogP contribution in [0.1, 0.15) is 17.4 Å². The minimum absolute atomic E-state index is 0.0196. The van der Waals surface area contributed by atoms with Crippen LogP contribution < -0.4 is 15.2 Å². The van der Waals surface area contributed by atoms with E-state index in [1.165, 1.54) is 12.4 Å². The first-order valence-electron chi connectivity index (χ1n) is 5.73. The Balaban J connectivity index is 2.34. The van der Waals surface area contributed by atoms with E-state index < -0.39 is 5.91 Å². The zero-order valence-corrected chi connectivity index (χ0v) is 10.4. The van der Waals surface area contributed by atoms with E-state index in [1.54, 1.807) is 18.2 Å². The molecule has 6 nitrogen and oxygen atoms in total. The average molecular weight is 259 g/mol. The molecule has 6 heteroatoms. The predicted octanol–water partition coefficient (Wildman–Crippen LogP) is 1.77. The molecule has 0 spiro atoms. The van der Waals surface area contributed by atoms with Crippen LogP contribution in [0.25, 0.3) is 0 Å². The number of hydrogen-bond donors (Lipinski definition) is 1. The monoisotopic (exact) mass is 259 g/mol. The minimum Gasteiger partial charge on any atom is -0.490 e. The summed E-state index contributed by atoms with van der Waals surface area (Å²) in [5.74, 6) is 0.373. The van der Waals surface area contributed by atoms with Gasteiger partial charge in [-0.15, -0.1) is 0 Å². The average Bonchev–Trinajstić information content (AvgIpc) is 2.42. The van der Waals surface area contributed by atoms with E-state index in [0.29, 0.717) is 18.1 Å². The number of ether oxygens (including phenoxy) is 2. The Morgan fingerprint density at radius 2 is 1.89 bits per heavy atom. The van der Waals surface area contributed by atoms with Gasteiger partial charge in [-0.25, -0.2) is 9.97 Å². The second kappa shape index (κ2) is 5.81. The fourth-order valence-corrected chi connectivity index (χ4v) is 1.48. The summed E-state index contributed by atoms with van der Waals surface area (Å²) in [5.41, 5.74) is 5.19. The zero-order valence-electron chi connectivity index (χ0n) is 10.4. The van der Waals surface area contributed by atoms with Crippen molar-refractivity contribution in [2.75, 3.05) is 6.61 Å². The standard InChI is InChI=1S/C13H13N3O3/c1-2-18-9-5-3-4-6-10(9)19-13-11(12(14)17)15-7-8-16-13/h3-8H,2H2,1H3,(H2,14,17). The Morgan fingerprint density at radius 1 is 1.21 bits per heavy atom. The van der Waals surface area contributed by atoms with Gasteiger partial charge in [-0.2, -0.15) is 0 Å². The number of nitrogens with two attached hydrogens (primary N) is 1. The normalized spacial score (nSPS) is 9.95. The van der Waals surface area contributed by atoms with Crippen LogP contribution in [0.5, 0.6) is 17.4 Å². The number of primary amides is 1. The number of carbonyl (C=O) groups excluding carboxylic acids is 1. The molecule has 0 saturated carbocycles. The number of amides is 1. The minimum atomic E-state index is -0.697. The highest BCUT2D eigenvalue weighted by atomic mass is 16.5. The molecule has 0 unspecified atom stereocenters. The lowest BCUT2D eigenvalue weighted by atomic mass is 10.3. The molecular formula is C13H13N3O3. The molecule has 0 fully saturated rings. The second-order valence-corrected chi connectivity index (χ2v) is 3.56. The largest absolute Gasteiger partial charge is 0.490 e. The molecule has 0 radical (unpaired) electrons. The molecule has 2 aromatic rings. The van der Waals surface area contributed by atoms with Crippen LogP contribution in [0.4, 0.5) is 0 Å². The zero-order chi connectivity index (χ0) is 13.7. The summed E-state index contributed by atoms with van der Waals surface area (Å²) in [4.78, 5) is 19.0. The quantitative estimate of drug-likeness (QED) is 0.884. The molecule has 1 aromatic carbocycles. The van der Waals surface area contributed by atoms with Crippen LogP contribution in [0.3, 0.4) is 0 Å². The first-order chi connectivity index (χ1) is 9.22. The molecular weight excluding hydrogens is 246 g/mol. The van der Waals surface area contributed by atoms with Gasteiger partial charge in [-0.05, 0) is 19.1 Å². The van der Waals surface area contributed by atoms with Gasteiger partial charge in [0.2, 0.25) is 0 Å². The summed E-state index contributed by atoms with van der Waals surface area (Å²) in [7, 11) is 0. The third kappa shape index (κ3) is 2.98. The lowest BCUT2D eigenvalue weighted by Gasteiger charge is -2.11. The van der Waals surface area contributed by atoms with Crippen LogP contribution in [-0.4, -0.2) is 22.5 Å². The number of nitrogens with zero attached hydrogens (tertiary/aromatic N) is 2. The molecule has 0 atom stereocenters. The highest BCUT2D eigenvalue weighted by Crippen LogP contribution is 2.31. The molecule has 1 heterocycles.